The molecule has 0 aliphatic carbocycles. The van der Waals surface area contributed by atoms with Crippen molar-refractivity contribution in [2.45, 2.75) is 22.6 Å². The van der Waals surface area contributed by atoms with Crippen LogP contribution in [0.1, 0.15) is 11.1 Å². The molecule has 0 aromatic heterocycles. The normalized spacial score (nSPS) is 14.1. The smallest absolute Gasteiger partial charge is 0.240 e. The highest BCUT2D eigenvalue weighted by molar-refractivity contribution is 7.89. The van der Waals surface area contributed by atoms with Crippen molar-refractivity contribution < 1.29 is 21.6 Å². The third-order valence-corrected chi connectivity index (χ3v) is 6.32. The molecule has 1 aliphatic heterocycles. The highest BCUT2D eigenvalue weighted by atomic mass is 32.2. The fraction of sp³-hybridized carbons (Fsp3) is 0.250. The van der Waals surface area contributed by atoms with Crippen molar-refractivity contribution >= 4 is 20.0 Å². The fourth-order valence-corrected chi connectivity index (χ4v) is 4.19. The fourth-order valence-electron chi connectivity index (χ4n) is 2.59. The summed E-state index contributed by atoms with van der Waals surface area (Å²) in [6, 6.07) is 10.8. The Kier molecular flexibility index (Phi) is 4.83. The Morgan fingerprint density at radius 2 is 1.68 bits per heavy atom. The summed E-state index contributed by atoms with van der Waals surface area (Å²) in [7, 11) is -7.33. The number of rotatable bonds is 6. The molecular formula is C16H18N2O5S2. The number of fused-ring (bicyclic) bond motifs is 1. The Hall–Kier alpha value is -1.94. The van der Waals surface area contributed by atoms with Gasteiger partial charge in [-0.1, -0.05) is 12.1 Å². The summed E-state index contributed by atoms with van der Waals surface area (Å²) in [5.41, 5.74) is 1.69. The molecule has 0 bridgehead atoms. The molecule has 0 saturated carbocycles. The predicted octanol–water partition coefficient (Wildman–Crippen LogP) is 0.790. The van der Waals surface area contributed by atoms with Crippen molar-refractivity contribution in [2.75, 3.05) is 13.2 Å². The third-order valence-electron chi connectivity index (χ3n) is 3.93. The lowest BCUT2D eigenvalue weighted by molar-refractivity contribution is 0.356. The van der Waals surface area contributed by atoms with Gasteiger partial charge >= 0.3 is 0 Å². The molecule has 2 aromatic carbocycles. The summed E-state index contributed by atoms with van der Waals surface area (Å²) in [5, 5.41) is 5.04. The van der Waals surface area contributed by atoms with Crippen LogP contribution in [-0.2, 0) is 32.9 Å². The van der Waals surface area contributed by atoms with E-state index in [1.54, 1.807) is 24.3 Å². The predicted molar refractivity (Wildman–Crippen MR) is 92.3 cm³/mol. The van der Waals surface area contributed by atoms with Crippen LogP contribution in [0.25, 0.3) is 0 Å². The molecule has 0 spiro atoms. The molecule has 0 radical (unpaired) electrons. The molecule has 0 atom stereocenters. The van der Waals surface area contributed by atoms with Gasteiger partial charge in [0.25, 0.3) is 0 Å². The maximum Gasteiger partial charge on any atom is 0.240 e. The van der Waals surface area contributed by atoms with E-state index in [2.05, 4.69) is 4.72 Å². The second-order valence-electron chi connectivity index (χ2n) is 5.70. The number of nitrogens with one attached hydrogen (secondary N) is 1. The van der Waals surface area contributed by atoms with Crippen LogP contribution in [0.2, 0.25) is 0 Å². The second-order valence-corrected chi connectivity index (χ2v) is 9.03. The van der Waals surface area contributed by atoms with E-state index in [4.69, 9.17) is 9.88 Å². The highest BCUT2D eigenvalue weighted by Crippen LogP contribution is 2.27. The van der Waals surface area contributed by atoms with E-state index in [1.807, 2.05) is 0 Å². The van der Waals surface area contributed by atoms with Gasteiger partial charge in [-0.3, -0.25) is 0 Å². The quantitative estimate of drug-likeness (QED) is 0.766. The van der Waals surface area contributed by atoms with Crippen LogP contribution < -0.4 is 14.6 Å². The van der Waals surface area contributed by atoms with Gasteiger partial charge in [-0.2, -0.15) is 0 Å². The number of hydrogen-bond donors (Lipinski definition) is 2. The molecule has 1 aliphatic rings. The van der Waals surface area contributed by atoms with E-state index in [9.17, 15) is 16.8 Å². The molecular weight excluding hydrogens is 364 g/mol. The zero-order valence-electron chi connectivity index (χ0n) is 13.3. The number of nitrogens with two attached hydrogens (primary N) is 1. The van der Waals surface area contributed by atoms with Crippen LogP contribution in [0, 0.1) is 0 Å². The lowest BCUT2D eigenvalue weighted by atomic mass is 10.2. The number of ether oxygens (including phenoxy) is 1. The van der Waals surface area contributed by atoms with Crippen LogP contribution in [0.4, 0.5) is 0 Å². The van der Waals surface area contributed by atoms with Gasteiger partial charge in [0.2, 0.25) is 20.0 Å². The van der Waals surface area contributed by atoms with Gasteiger partial charge in [-0.15, -0.1) is 0 Å². The van der Waals surface area contributed by atoms with Crippen molar-refractivity contribution in [3.8, 4) is 5.75 Å². The molecule has 7 nitrogen and oxygen atoms in total. The standard InChI is InChI=1S/C16H18N2O5S2/c17-24(19,20)14-3-1-12(2-4-14)7-9-18-25(21,22)15-5-6-16-13(11-15)8-10-23-16/h1-6,11,18H,7-10H2,(H2,17,19,20). The van der Waals surface area contributed by atoms with Gasteiger partial charge < -0.3 is 4.74 Å². The maximum atomic E-state index is 12.4. The SMILES string of the molecule is NS(=O)(=O)c1ccc(CCNS(=O)(=O)c2ccc3c(c2)CCO3)cc1. The van der Waals surface area contributed by atoms with Gasteiger partial charge in [0.1, 0.15) is 5.75 Å². The lowest BCUT2D eigenvalue weighted by Crippen LogP contribution is -2.26. The van der Waals surface area contributed by atoms with Gasteiger partial charge in [-0.25, -0.2) is 26.7 Å². The Labute approximate surface area is 146 Å². The molecule has 0 fully saturated rings. The van der Waals surface area contributed by atoms with Gasteiger partial charge in [0, 0.05) is 13.0 Å². The summed E-state index contributed by atoms with van der Waals surface area (Å²) < 4.78 is 55.0. The summed E-state index contributed by atoms with van der Waals surface area (Å²) in [4.78, 5) is 0.235. The molecule has 1 heterocycles. The number of primary sulfonamides is 1. The van der Waals surface area contributed by atoms with Gasteiger partial charge in [0.05, 0.1) is 16.4 Å². The summed E-state index contributed by atoms with van der Waals surface area (Å²) in [5.74, 6) is 0.730. The van der Waals surface area contributed by atoms with Crippen LogP contribution >= 0.6 is 0 Å². The first-order chi connectivity index (χ1) is 11.8. The Morgan fingerprint density at radius 1 is 1.00 bits per heavy atom. The average Bonchev–Trinajstić information content (AvgIpc) is 3.02. The molecule has 25 heavy (non-hydrogen) atoms. The average molecular weight is 382 g/mol. The molecule has 134 valence electrons. The van der Waals surface area contributed by atoms with Crippen molar-refractivity contribution in [3.05, 3.63) is 53.6 Å². The Balaban J connectivity index is 1.63. The molecule has 2 aromatic rings. The molecule has 0 unspecified atom stereocenters. The third kappa shape index (κ3) is 4.18. The Morgan fingerprint density at radius 3 is 2.36 bits per heavy atom. The first kappa shape index (κ1) is 17.9. The number of benzene rings is 2. The minimum atomic E-state index is -3.73. The van der Waals surface area contributed by atoms with Crippen LogP contribution in [0.5, 0.6) is 5.75 Å². The summed E-state index contributed by atoms with van der Waals surface area (Å²) >= 11 is 0. The number of sulfonamides is 2. The molecule has 0 saturated heterocycles. The van der Waals surface area contributed by atoms with Crippen LogP contribution in [0.15, 0.2) is 52.3 Å². The maximum absolute atomic E-state index is 12.4. The first-order valence-corrected chi connectivity index (χ1v) is 10.7. The minimum Gasteiger partial charge on any atom is -0.493 e. The van der Waals surface area contributed by atoms with E-state index in [0.717, 1.165) is 16.9 Å². The minimum absolute atomic E-state index is 0.0252. The van der Waals surface area contributed by atoms with Crippen LogP contribution in [0.3, 0.4) is 0 Å². The lowest BCUT2D eigenvalue weighted by Gasteiger charge is -2.08. The van der Waals surface area contributed by atoms with Crippen molar-refractivity contribution in [1.82, 2.24) is 4.72 Å². The number of hydrogen-bond acceptors (Lipinski definition) is 5. The summed E-state index contributed by atoms with van der Waals surface area (Å²) in [6.45, 7) is 0.769. The molecule has 3 N–H and O–H groups in total. The first-order valence-electron chi connectivity index (χ1n) is 7.63. The van der Waals surface area contributed by atoms with Gasteiger partial charge in [-0.05, 0) is 47.9 Å². The zero-order valence-corrected chi connectivity index (χ0v) is 14.9. The van der Waals surface area contributed by atoms with E-state index in [-0.39, 0.29) is 16.3 Å². The molecule has 9 heteroatoms. The zero-order chi connectivity index (χ0) is 18.1. The summed E-state index contributed by atoms with van der Waals surface area (Å²) in [6.07, 6.45) is 1.13. The van der Waals surface area contributed by atoms with Gasteiger partial charge in [0.15, 0.2) is 0 Å². The monoisotopic (exact) mass is 382 g/mol. The van der Waals surface area contributed by atoms with Crippen molar-refractivity contribution in [3.63, 3.8) is 0 Å². The molecule has 0 amide bonds. The second kappa shape index (κ2) is 6.75. The van der Waals surface area contributed by atoms with E-state index < -0.39 is 20.0 Å². The van der Waals surface area contributed by atoms with E-state index >= 15 is 0 Å². The van der Waals surface area contributed by atoms with E-state index in [1.165, 1.54) is 18.2 Å². The van der Waals surface area contributed by atoms with Crippen LogP contribution in [-0.4, -0.2) is 30.0 Å². The largest absolute Gasteiger partial charge is 0.493 e. The highest BCUT2D eigenvalue weighted by Gasteiger charge is 2.18. The van der Waals surface area contributed by atoms with Crippen molar-refractivity contribution in [2.24, 2.45) is 5.14 Å². The Bertz CT molecular complexity index is 984. The molecule has 3 rings (SSSR count). The topological polar surface area (TPSA) is 116 Å². The van der Waals surface area contributed by atoms with E-state index in [0.29, 0.717) is 19.4 Å². The van der Waals surface area contributed by atoms with Crippen molar-refractivity contribution in [1.29, 1.82) is 0 Å².